The van der Waals surface area contributed by atoms with Gasteiger partial charge in [-0.15, -0.1) is 0 Å². The van der Waals surface area contributed by atoms with Crippen LogP contribution >= 0.6 is 0 Å². The minimum Gasteiger partial charge on any atom is -0.484 e. The Balaban J connectivity index is 2.00. The van der Waals surface area contributed by atoms with E-state index in [0.717, 1.165) is 10.3 Å². The molecule has 1 aliphatic rings. The van der Waals surface area contributed by atoms with Gasteiger partial charge in [0.2, 0.25) is 0 Å². The zero-order valence-electron chi connectivity index (χ0n) is 13.1. The van der Waals surface area contributed by atoms with Crippen LogP contribution in [-0.2, 0) is 20.6 Å². The van der Waals surface area contributed by atoms with Crippen LogP contribution in [0, 0.1) is 0 Å². The van der Waals surface area contributed by atoms with Gasteiger partial charge >= 0.3 is 5.69 Å². The highest BCUT2D eigenvalue weighted by molar-refractivity contribution is 5.60. The smallest absolute Gasteiger partial charge is 0.330 e. The Hall–Kier alpha value is -2.54. The average Bonchev–Trinajstić information content (AvgIpc) is 2.57. The van der Waals surface area contributed by atoms with Gasteiger partial charge in [-0.3, -0.25) is 13.9 Å². The standard InChI is InChI=1S/C16H19N3O4/c1-17-11(7-15(21)18(2)16(17)22)8-19-9-12(10-20)23-14-6-4-3-5-13(14)19/h3-7,12,20H,8-10H2,1-2H3. The van der Waals surface area contributed by atoms with Gasteiger partial charge in [0.05, 0.1) is 25.4 Å². The molecule has 0 spiro atoms. The minimum absolute atomic E-state index is 0.0969. The second-order valence-electron chi connectivity index (χ2n) is 5.65. The molecule has 2 heterocycles. The molecule has 0 amide bonds. The first-order valence-corrected chi connectivity index (χ1v) is 7.38. The van der Waals surface area contributed by atoms with Crippen molar-refractivity contribution < 1.29 is 9.84 Å². The number of hydrogen-bond donors (Lipinski definition) is 1. The number of fused-ring (bicyclic) bond motifs is 1. The summed E-state index contributed by atoms with van der Waals surface area (Å²) in [5.41, 5.74) is 0.813. The maximum Gasteiger partial charge on any atom is 0.330 e. The van der Waals surface area contributed by atoms with Crippen LogP contribution in [0.3, 0.4) is 0 Å². The molecule has 0 radical (unpaired) electrons. The number of benzene rings is 1. The fourth-order valence-corrected chi connectivity index (χ4v) is 2.75. The third-order valence-corrected chi connectivity index (χ3v) is 4.11. The number of hydrogen-bond acceptors (Lipinski definition) is 5. The van der Waals surface area contributed by atoms with Crippen LogP contribution in [0.2, 0.25) is 0 Å². The van der Waals surface area contributed by atoms with Crippen LogP contribution in [0.25, 0.3) is 0 Å². The summed E-state index contributed by atoms with van der Waals surface area (Å²) in [6, 6.07) is 8.99. The van der Waals surface area contributed by atoms with Crippen molar-refractivity contribution >= 4 is 5.69 Å². The molecule has 23 heavy (non-hydrogen) atoms. The lowest BCUT2D eigenvalue weighted by Gasteiger charge is -2.35. The van der Waals surface area contributed by atoms with Crippen LogP contribution in [0.15, 0.2) is 39.9 Å². The summed E-state index contributed by atoms with van der Waals surface area (Å²) in [4.78, 5) is 26.0. The highest BCUT2D eigenvalue weighted by Gasteiger charge is 2.25. The molecule has 0 saturated carbocycles. The Kier molecular flexibility index (Phi) is 3.96. The zero-order chi connectivity index (χ0) is 16.6. The van der Waals surface area contributed by atoms with E-state index in [2.05, 4.69) is 0 Å². The molecule has 1 N–H and O–H groups in total. The summed E-state index contributed by atoms with van der Waals surface area (Å²) in [6.07, 6.45) is -0.339. The van der Waals surface area contributed by atoms with Crippen LogP contribution in [0.4, 0.5) is 5.69 Å². The van der Waals surface area contributed by atoms with Gasteiger partial charge in [-0.25, -0.2) is 4.79 Å². The fraction of sp³-hybridized carbons (Fsp3) is 0.375. The van der Waals surface area contributed by atoms with Gasteiger partial charge < -0.3 is 14.7 Å². The number of aromatic nitrogens is 2. The van der Waals surface area contributed by atoms with Gasteiger partial charge in [0.1, 0.15) is 11.9 Å². The highest BCUT2D eigenvalue weighted by atomic mass is 16.5. The summed E-state index contributed by atoms with van der Waals surface area (Å²) in [7, 11) is 3.10. The molecule has 3 rings (SSSR count). The lowest BCUT2D eigenvalue weighted by molar-refractivity contribution is 0.112. The number of rotatable bonds is 3. The van der Waals surface area contributed by atoms with E-state index in [-0.39, 0.29) is 24.0 Å². The van der Waals surface area contributed by atoms with Gasteiger partial charge in [-0.2, -0.15) is 0 Å². The van der Waals surface area contributed by atoms with Crippen LogP contribution in [0.1, 0.15) is 5.69 Å². The molecule has 1 aliphatic heterocycles. The number of nitrogens with zero attached hydrogens (tertiary/aromatic N) is 3. The molecule has 0 aliphatic carbocycles. The number of aliphatic hydroxyl groups is 1. The summed E-state index contributed by atoms with van der Waals surface area (Å²) in [6.45, 7) is 0.774. The van der Waals surface area contributed by atoms with Crippen molar-refractivity contribution in [1.82, 2.24) is 9.13 Å². The van der Waals surface area contributed by atoms with Crippen LogP contribution in [0.5, 0.6) is 5.75 Å². The highest BCUT2D eigenvalue weighted by Crippen LogP contribution is 2.33. The van der Waals surface area contributed by atoms with E-state index in [1.165, 1.54) is 17.7 Å². The van der Waals surface area contributed by atoms with Gasteiger partial charge in [0, 0.05) is 25.9 Å². The zero-order valence-corrected chi connectivity index (χ0v) is 13.1. The Labute approximate surface area is 133 Å². The molecule has 1 unspecified atom stereocenters. The van der Waals surface area contributed by atoms with Gasteiger partial charge in [0.15, 0.2) is 0 Å². The third-order valence-electron chi connectivity index (χ3n) is 4.11. The van der Waals surface area contributed by atoms with Crippen molar-refractivity contribution in [2.24, 2.45) is 14.1 Å². The largest absolute Gasteiger partial charge is 0.484 e. The second kappa shape index (κ2) is 5.92. The van der Waals surface area contributed by atoms with Gasteiger partial charge in [0.25, 0.3) is 5.56 Å². The lowest BCUT2D eigenvalue weighted by atomic mass is 10.2. The molecule has 0 bridgehead atoms. The number of para-hydroxylation sites is 2. The Bertz CT molecular complexity index is 840. The van der Waals surface area contributed by atoms with Crippen molar-refractivity contribution in [3.63, 3.8) is 0 Å². The molecule has 1 aromatic carbocycles. The van der Waals surface area contributed by atoms with Crippen molar-refractivity contribution in [2.45, 2.75) is 12.6 Å². The first-order chi connectivity index (χ1) is 11.0. The molecule has 1 aromatic heterocycles. The van der Waals surface area contributed by atoms with Crippen molar-refractivity contribution in [1.29, 1.82) is 0 Å². The van der Waals surface area contributed by atoms with E-state index >= 15 is 0 Å². The fourth-order valence-electron chi connectivity index (χ4n) is 2.75. The number of anilines is 1. The summed E-state index contributed by atoms with van der Waals surface area (Å²) in [5.74, 6) is 0.687. The first-order valence-electron chi connectivity index (χ1n) is 7.38. The van der Waals surface area contributed by atoms with Crippen molar-refractivity contribution in [3.8, 4) is 5.75 Å². The Morgan fingerprint density at radius 3 is 2.70 bits per heavy atom. The molecule has 122 valence electrons. The minimum atomic E-state index is -0.354. The van der Waals surface area contributed by atoms with Gasteiger partial charge in [-0.1, -0.05) is 12.1 Å². The summed E-state index contributed by atoms with van der Waals surface area (Å²) >= 11 is 0. The SMILES string of the molecule is Cn1c(CN2CC(CO)Oc3ccccc32)cc(=O)n(C)c1=O. The molecule has 0 fully saturated rings. The molecule has 0 saturated heterocycles. The van der Waals surface area contributed by atoms with E-state index in [1.807, 2.05) is 29.2 Å². The predicted octanol–water partition coefficient (Wildman–Crippen LogP) is -0.156. The van der Waals surface area contributed by atoms with E-state index in [1.54, 1.807) is 7.05 Å². The molecular formula is C16H19N3O4. The average molecular weight is 317 g/mol. The predicted molar refractivity (Wildman–Crippen MR) is 85.9 cm³/mol. The Morgan fingerprint density at radius 2 is 1.96 bits per heavy atom. The van der Waals surface area contributed by atoms with Crippen LogP contribution in [-0.4, -0.2) is 33.5 Å². The van der Waals surface area contributed by atoms with E-state index in [9.17, 15) is 14.7 Å². The molecular weight excluding hydrogens is 298 g/mol. The maximum atomic E-state index is 12.1. The second-order valence-corrected chi connectivity index (χ2v) is 5.65. The van der Waals surface area contributed by atoms with E-state index in [0.29, 0.717) is 24.5 Å². The quantitative estimate of drug-likeness (QED) is 0.851. The molecule has 7 heteroatoms. The summed E-state index contributed by atoms with van der Waals surface area (Å²) in [5, 5.41) is 9.42. The molecule has 7 nitrogen and oxygen atoms in total. The lowest BCUT2D eigenvalue weighted by Crippen LogP contribution is -2.44. The van der Waals surface area contributed by atoms with E-state index < -0.39 is 0 Å². The van der Waals surface area contributed by atoms with Crippen molar-refractivity contribution in [2.75, 3.05) is 18.1 Å². The van der Waals surface area contributed by atoms with E-state index in [4.69, 9.17) is 4.74 Å². The maximum absolute atomic E-state index is 12.1. The van der Waals surface area contributed by atoms with Crippen LogP contribution < -0.4 is 20.9 Å². The monoisotopic (exact) mass is 317 g/mol. The summed E-state index contributed by atoms with van der Waals surface area (Å²) < 4.78 is 8.26. The molecule has 2 aromatic rings. The topological polar surface area (TPSA) is 76.7 Å². The molecule has 1 atom stereocenters. The third kappa shape index (κ3) is 2.75. The number of ether oxygens (including phenoxy) is 1. The van der Waals surface area contributed by atoms with Gasteiger partial charge in [-0.05, 0) is 12.1 Å². The first kappa shape index (κ1) is 15.4. The normalized spacial score (nSPS) is 16.8. The Morgan fingerprint density at radius 1 is 1.22 bits per heavy atom. The number of aliphatic hydroxyl groups excluding tert-OH is 1. The van der Waals surface area contributed by atoms with Crippen molar-refractivity contribution in [3.05, 3.63) is 56.9 Å².